The van der Waals surface area contributed by atoms with E-state index >= 15 is 0 Å². The molecule has 1 N–H and O–H groups in total. The molecule has 0 spiro atoms. The minimum Gasteiger partial charge on any atom is -0.493 e. The average molecular weight is 343 g/mol. The molecule has 8 heteroatoms. The highest BCUT2D eigenvalue weighted by Gasteiger charge is 2.14. The van der Waals surface area contributed by atoms with Crippen LogP contribution in [0.2, 0.25) is 0 Å². The van der Waals surface area contributed by atoms with E-state index in [1.54, 1.807) is 42.1 Å². The van der Waals surface area contributed by atoms with E-state index in [2.05, 4.69) is 20.8 Å². The summed E-state index contributed by atoms with van der Waals surface area (Å²) >= 11 is 0. The van der Waals surface area contributed by atoms with Gasteiger partial charge in [0.25, 0.3) is 0 Å². The third-order valence-corrected chi connectivity index (χ3v) is 3.64. The van der Waals surface area contributed by atoms with Gasteiger partial charge in [-0.2, -0.15) is 0 Å². The average Bonchev–Trinajstić information content (AvgIpc) is 3.04. The fraction of sp³-hybridized carbons (Fsp3) is 0.235. The third kappa shape index (κ3) is 3.68. The molecular weight excluding hydrogens is 325 g/mol. The standard InChI is InChI=1S/C17H18FN5O2/c1-11(17-20-21-22-23(17)2)19-12-8-9-14(13(18)10-12)25-16-7-5-4-6-15(16)24-3/h4-11,19H,1-3H3/t11-/m0/s1. The Morgan fingerprint density at radius 1 is 1.12 bits per heavy atom. The molecular formula is C17H18FN5O2. The molecule has 0 aliphatic carbocycles. The first-order valence-electron chi connectivity index (χ1n) is 7.67. The van der Waals surface area contributed by atoms with Crippen LogP contribution in [-0.2, 0) is 7.05 Å². The van der Waals surface area contributed by atoms with Crippen LogP contribution in [-0.4, -0.2) is 27.3 Å². The van der Waals surface area contributed by atoms with Gasteiger partial charge in [0, 0.05) is 18.8 Å². The molecule has 0 radical (unpaired) electrons. The molecule has 0 saturated heterocycles. The summed E-state index contributed by atoms with van der Waals surface area (Å²) in [5, 5.41) is 14.5. The largest absolute Gasteiger partial charge is 0.493 e. The van der Waals surface area contributed by atoms with Gasteiger partial charge in [0.05, 0.1) is 13.2 Å². The Hall–Kier alpha value is -3.16. The van der Waals surface area contributed by atoms with E-state index in [-0.39, 0.29) is 11.8 Å². The number of ether oxygens (including phenoxy) is 2. The van der Waals surface area contributed by atoms with Gasteiger partial charge in [-0.1, -0.05) is 12.1 Å². The van der Waals surface area contributed by atoms with Crippen molar-refractivity contribution in [1.82, 2.24) is 20.2 Å². The van der Waals surface area contributed by atoms with E-state index in [1.807, 2.05) is 13.0 Å². The molecule has 0 aliphatic heterocycles. The van der Waals surface area contributed by atoms with Crippen molar-refractivity contribution in [3.05, 3.63) is 54.1 Å². The summed E-state index contributed by atoms with van der Waals surface area (Å²) < 4.78 is 26.8. The highest BCUT2D eigenvalue weighted by molar-refractivity contribution is 5.50. The summed E-state index contributed by atoms with van der Waals surface area (Å²) in [7, 11) is 3.28. The van der Waals surface area contributed by atoms with Gasteiger partial charge in [-0.05, 0) is 41.6 Å². The number of nitrogens with zero attached hydrogens (tertiary/aromatic N) is 4. The van der Waals surface area contributed by atoms with Crippen LogP contribution >= 0.6 is 0 Å². The zero-order chi connectivity index (χ0) is 17.8. The summed E-state index contributed by atoms with van der Waals surface area (Å²) in [6.07, 6.45) is 0. The summed E-state index contributed by atoms with van der Waals surface area (Å²) in [4.78, 5) is 0. The highest BCUT2D eigenvalue weighted by Crippen LogP contribution is 2.33. The van der Waals surface area contributed by atoms with E-state index in [1.165, 1.54) is 13.2 Å². The summed E-state index contributed by atoms with van der Waals surface area (Å²) in [6, 6.07) is 11.6. The maximum atomic E-state index is 14.4. The summed E-state index contributed by atoms with van der Waals surface area (Å²) in [6.45, 7) is 1.89. The Kier molecular flexibility index (Phi) is 4.78. The number of aryl methyl sites for hydroxylation is 1. The number of hydrogen-bond donors (Lipinski definition) is 1. The van der Waals surface area contributed by atoms with Crippen molar-refractivity contribution in [3.63, 3.8) is 0 Å². The van der Waals surface area contributed by atoms with Crippen LogP contribution in [0.15, 0.2) is 42.5 Å². The van der Waals surface area contributed by atoms with Crippen molar-refractivity contribution in [2.75, 3.05) is 12.4 Å². The SMILES string of the molecule is COc1ccccc1Oc1ccc(N[C@@H](C)c2nnnn2C)cc1F. The minimum atomic E-state index is -0.487. The molecule has 1 atom stereocenters. The van der Waals surface area contributed by atoms with Crippen LogP contribution in [0.25, 0.3) is 0 Å². The predicted molar refractivity (Wildman–Crippen MR) is 90.3 cm³/mol. The van der Waals surface area contributed by atoms with Gasteiger partial charge in [0.1, 0.15) is 0 Å². The van der Waals surface area contributed by atoms with E-state index in [0.29, 0.717) is 23.0 Å². The topological polar surface area (TPSA) is 74.1 Å². The zero-order valence-electron chi connectivity index (χ0n) is 14.1. The van der Waals surface area contributed by atoms with Crippen LogP contribution in [0.1, 0.15) is 18.8 Å². The number of benzene rings is 2. The summed E-state index contributed by atoms with van der Waals surface area (Å²) in [5.41, 5.74) is 0.598. The molecule has 130 valence electrons. The minimum absolute atomic E-state index is 0.114. The molecule has 3 aromatic rings. The van der Waals surface area contributed by atoms with Gasteiger partial charge < -0.3 is 14.8 Å². The third-order valence-electron chi connectivity index (χ3n) is 3.64. The quantitative estimate of drug-likeness (QED) is 0.740. The van der Waals surface area contributed by atoms with Gasteiger partial charge in [0.15, 0.2) is 28.9 Å². The van der Waals surface area contributed by atoms with Crippen molar-refractivity contribution >= 4 is 5.69 Å². The van der Waals surface area contributed by atoms with Gasteiger partial charge >= 0.3 is 0 Å². The smallest absolute Gasteiger partial charge is 0.173 e. The lowest BCUT2D eigenvalue weighted by Gasteiger charge is -2.15. The maximum Gasteiger partial charge on any atom is 0.173 e. The molecule has 0 unspecified atom stereocenters. The zero-order valence-corrected chi connectivity index (χ0v) is 14.1. The molecule has 2 aromatic carbocycles. The Bertz CT molecular complexity index is 868. The van der Waals surface area contributed by atoms with E-state index in [9.17, 15) is 4.39 Å². The molecule has 3 rings (SSSR count). The number of hydrogen-bond acceptors (Lipinski definition) is 6. The highest BCUT2D eigenvalue weighted by atomic mass is 19.1. The lowest BCUT2D eigenvalue weighted by Crippen LogP contribution is -2.12. The lowest BCUT2D eigenvalue weighted by molar-refractivity contribution is 0.371. The first kappa shape index (κ1) is 16.7. The number of tetrazole rings is 1. The molecule has 0 aliphatic rings. The number of aromatic nitrogens is 4. The molecule has 1 heterocycles. The number of rotatable bonds is 6. The molecule has 1 aromatic heterocycles. The molecule has 0 saturated carbocycles. The molecule has 25 heavy (non-hydrogen) atoms. The van der Waals surface area contributed by atoms with Crippen LogP contribution in [0.5, 0.6) is 17.2 Å². The van der Waals surface area contributed by atoms with Gasteiger partial charge in [-0.25, -0.2) is 9.07 Å². The number of nitrogens with one attached hydrogen (secondary N) is 1. The van der Waals surface area contributed by atoms with Crippen molar-refractivity contribution in [2.45, 2.75) is 13.0 Å². The number of anilines is 1. The Balaban J connectivity index is 1.76. The Morgan fingerprint density at radius 3 is 2.52 bits per heavy atom. The van der Waals surface area contributed by atoms with Crippen LogP contribution in [0.3, 0.4) is 0 Å². The number of halogens is 1. The Morgan fingerprint density at radius 2 is 1.88 bits per heavy atom. The second-order valence-electron chi connectivity index (χ2n) is 5.42. The first-order chi connectivity index (χ1) is 12.1. The fourth-order valence-corrected chi connectivity index (χ4v) is 2.41. The second kappa shape index (κ2) is 7.16. The molecule has 0 amide bonds. The van der Waals surface area contributed by atoms with Crippen LogP contribution in [0.4, 0.5) is 10.1 Å². The Labute approximate surface area is 144 Å². The molecule has 0 bridgehead atoms. The molecule has 7 nitrogen and oxygen atoms in total. The normalized spacial score (nSPS) is 11.8. The second-order valence-corrected chi connectivity index (χ2v) is 5.42. The van der Waals surface area contributed by atoms with Gasteiger partial charge in [-0.15, -0.1) is 5.10 Å². The van der Waals surface area contributed by atoms with E-state index < -0.39 is 5.82 Å². The predicted octanol–water partition coefficient (Wildman–Crippen LogP) is 3.32. The van der Waals surface area contributed by atoms with Gasteiger partial charge in [0.2, 0.25) is 0 Å². The van der Waals surface area contributed by atoms with E-state index in [4.69, 9.17) is 9.47 Å². The monoisotopic (exact) mass is 343 g/mol. The van der Waals surface area contributed by atoms with Gasteiger partial charge in [-0.3, -0.25) is 0 Å². The van der Waals surface area contributed by atoms with Crippen molar-refractivity contribution in [1.29, 1.82) is 0 Å². The summed E-state index contributed by atoms with van der Waals surface area (Å²) in [5.74, 6) is 1.26. The lowest BCUT2D eigenvalue weighted by atomic mass is 10.2. The van der Waals surface area contributed by atoms with E-state index in [0.717, 1.165) is 0 Å². The van der Waals surface area contributed by atoms with Crippen molar-refractivity contribution in [2.24, 2.45) is 7.05 Å². The van der Waals surface area contributed by atoms with Crippen LogP contribution < -0.4 is 14.8 Å². The van der Waals surface area contributed by atoms with Crippen LogP contribution in [0, 0.1) is 5.82 Å². The first-order valence-corrected chi connectivity index (χ1v) is 7.67. The maximum absolute atomic E-state index is 14.4. The van der Waals surface area contributed by atoms with Crippen molar-refractivity contribution in [3.8, 4) is 17.2 Å². The number of methoxy groups -OCH3 is 1. The number of para-hydroxylation sites is 2. The molecule has 0 fully saturated rings. The van der Waals surface area contributed by atoms with Crippen molar-refractivity contribution < 1.29 is 13.9 Å². The fourth-order valence-electron chi connectivity index (χ4n) is 2.41.